The van der Waals surface area contributed by atoms with Crippen molar-refractivity contribution < 1.29 is 9.13 Å². The molecule has 0 saturated heterocycles. The van der Waals surface area contributed by atoms with E-state index >= 15 is 0 Å². The van der Waals surface area contributed by atoms with E-state index in [1.807, 2.05) is 6.07 Å². The van der Waals surface area contributed by atoms with Crippen LogP contribution in [0.5, 0.6) is 5.75 Å². The molecule has 0 bridgehead atoms. The number of alkyl halides is 1. The lowest BCUT2D eigenvalue weighted by Gasteiger charge is -2.33. The van der Waals surface area contributed by atoms with Gasteiger partial charge in [-0.2, -0.15) is 0 Å². The summed E-state index contributed by atoms with van der Waals surface area (Å²) in [5.74, 6) is 1.22. The van der Waals surface area contributed by atoms with Crippen LogP contribution >= 0.6 is 11.6 Å². The van der Waals surface area contributed by atoms with E-state index in [4.69, 9.17) is 16.3 Å². The fourth-order valence-corrected chi connectivity index (χ4v) is 3.19. The van der Waals surface area contributed by atoms with E-state index in [9.17, 15) is 4.39 Å². The molecule has 1 nitrogen and oxygen atoms in total. The molecule has 0 aromatic heterocycles. The molecule has 86 valence electrons. The minimum absolute atomic E-state index is 0.132. The summed E-state index contributed by atoms with van der Waals surface area (Å²) >= 11 is 6.25. The van der Waals surface area contributed by atoms with E-state index in [2.05, 4.69) is 6.92 Å². The van der Waals surface area contributed by atoms with Gasteiger partial charge in [-0.15, -0.1) is 11.6 Å². The number of rotatable bonds is 0. The van der Waals surface area contributed by atoms with Crippen LogP contribution in [-0.4, -0.2) is 11.5 Å². The molecular weight excluding hydrogens is 227 g/mol. The summed E-state index contributed by atoms with van der Waals surface area (Å²) in [5.41, 5.74) is 1.15. The second-order valence-corrected chi connectivity index (χ2v) is 5.38. The summed E-state index contributed by atoms with van der Waals surface area (Å²) in [6.07, 6.45) is 2.19. The molecule has 16 heavy (non-hydrogen) atoms. The standard InChI is InChI=1S/C13H14ClFO/c1-7-11(14)5-4-10-9-3-2-8(15)6-12(9)16-13(7)10/h2-3,6-7,10-11,13H,4-5H2,1H3/t7-,10?,11?,13?/m0/s1. The normalized spacial score (nSPS) is 36.4. The van der Waals surface area contributed by atoms with Crippen LogP contribution in [0.2, 0.25) is 0 Å². The Morgan fingerprint density at radius 1 is 1.38 bits per heavy atom. The smallest absolute Gasteiger partial charge is 0.126 e. The molecule has 0 spiro atoms. The first-order chi connectivity index (χ1) is 7.66. The monoisotopic (exact) mass is 240 g/mol. The second kappa shape index (κ2) is 3.63. The highest BCUT2D eigenvalue weighted by atomic mass is 35.5. The van der Waals surface area contributed by atoms with Gasteiger partial charge >= 0.3 is 0 Å². The number of hydrogen-bond acceptors (Lipinski definition) is 1. The topological polar surface area (TPSA) is 9.23 Å². The predicted molar refractivity (Wildman–Crippen MR) is 61.6 cm³/mol. The van der Waals surface area contributed by atoms with Gasteiger partial charge in [-0.3, -0.25) is 0 Å². The summed E-state index contributed by atoms with van der Waals surface area (Å²) in [5, 5.41) is 0.181. The Morgan fingerprint density at radius 3 is 3.00 bits per heavy atom. The highest BCUT2D eigenvalue weighted by Crippen LogP contribution is 2.48. The van der Waals surface area contributed by atoms with Crippen LogP contribution in [0, 0.1) is 11.7 Å². The predicted octanol–water partition coefficient (Wildman–Crippen LogP) is 3.71. The van der Waals surface area contributed by atoms with Crippen LogP contribution in [0.15, 0.2) is 18.2 Å². The average molecular weight is 241 g/mol. The first-order valence-corrected chi connectivity index (χ1v) is 6.20. The van der Waals surface area contributed by atoms with Crippen molar-refractivity contribution in [3.8, 4) is 5.75 Å². The van der Waals surface area contributed by atoms with Crippen molar-refractivity contribution in [2.45, 2.75) is 37.2 Å². The molecule has 0 radical (unpaired) electrons. The molecule has 0 N–H and O–H groups in total. The Hall–Kier alpha value is -0.760. The fraction of sp³-hybridized carbons (Fsp3) is 0.538. The number of halogens is 2. The maximum atomic E-state index is 13.1. The van der Waals surface area contributed by atoms with E-state index in [1.165, 1.54) is 12.1 Å². The third-order valence-corrected chi connectivity index (χ3v) is 4.49. The lowest BCUT2D eigenvalue weighted by molar-refractivity contribution is 0.112. The van der Waals surface area contributed by atoms with Gasteiger partial charge in [-0.25, -0.2) is 4.39 Å². The van der Waals surface area contributed by atoms with Gasteiger partial charge in [0.15, 0.2) is 0 Å². The molecule has 1 aliphatic carbocycles. The van der Waals surface area contributed by atoms with Crippen molar-refractivity contribution in [2.24, 2.45) is 5.92 Å². The van der Waals surface area contributed by atoms with Crippen molar-refractivity contribution in [3.63, 3.8) is 0 Å². The molecule has 1 aromatic carbocycles. The largest absolute Gasteiger partial charge is 0.489 e. The first-order valence-electron chi connectivity index (χ1n) is 5.77. The molecule has 1 saturated carbocycles. The summed E-state index contributed by atoms with van der Waals surface area (Å²) in [4.78, 5) is 0. The van der Waals surface area contributed by atoms with Gasteiger partial charge in [-0.1, -0.05) is 13.0 Å². The number of ether oxygens (including phenoxy) is 1. The zero-order valence-electron chi connectivity index (χ0n) is 9.12. The second-order valence-electron chi connectivity index (χ2n) is 4.82. The lowest BCUT2D eigenvalue weighted by atomic mass is 9.77. The third-order valence-electron chi connectivity index (χ3n) is 3.88. The average Bonchev–Trinajstić information content (AvgIpc) is 2.62. The van der Waals surface area contributed by atoms with Crippen LogP contribution in [-0.2, 0) is 0 Å². The Morgan fingerprint density at radius 2 is 2.19 bits per heavy atom. The van der Waals surface area contributed by atoms with Crippen molar-refractivity contribution in [1.29, 1.82) is 0 Å². The van der Waals surface area contributed by atoms with E-state index in [0.717, 1.165) is 18.4 Å². The van der Waals surface area contributed by atoms with Crippen molar-refractivity contribution >= 4 is 11.6 Å². The first kappa shape index (κ1) is 10.4. The number of fused-ring (bicyclic) bond motifs is 3. The van der Waals surface area contributed by atoms with Gasteiger partial charge < -0.3 is 4.74 Å². The Bertz CT molecular complexity index is 420. The van der Waals surface area contributed by atoms with Crippen molar-refractivity contribution in [2.75, 3.05) is 0 Å². The lowest BCUT2D eigenvalue weighted by Crippen LogP contribution is -2.37. The summed E-state index contributed by atoms with van der Waals surface area (Å²) in [7, 11) is 0. The Balaban J connectivity index is 1.97. The van der Waals surface area contributed by atoms with Gasteiger partial charge in [0.2, 0.25) is 0 Å². The minimum Gasteiger partial charge on any atom is -0.489 e. The molecule has 2 aliphatic rings. The maximum Gasteiger partial charge on any atom is 0.126 e. The molecule has 1 heterocycles. The van der Waals surface area contributed by atoms with Crippen LogP contribution < -0.4 is 4.74 Å². The highest BCUT2D eigenvalue weighted by molar-refractivity contribution is 6.20. The van der Waals surface area contributed by atoms with Crippen LogP contribution in [0.25, 0.3) is 0 Å². The molecule has 0 amide bonds. The van der Waals surface area contributed by atoms with Crippen molar-refractivity contribution in [1.82, 2.24) is 0 Å². The van der Waals surface area contributed by atoms with E-state index < -0.39 is 0 Å². The molecule has 1 aromatic rings. The molecule has 3 unspecified atom stereocenters. The van der Waals surface area contributed by atoms with E-state index in [0.29, 0.717) is 17.6 Å². The van der Waals surface area contributed by atoms with Crippen LogP contribution in [0.4, 0.5) is 4.39 Å². The quantitative estimate of drug-likeness (QED) is 0.629. The molecule has 3 rings (SSSR count). The number of hydrogen-bond donors (Lipinski definition) is 0. The van der Waals surface area contributed by atoms with Crippen LogP contribution in [0.1, 0.15) is 31.2 Å². The molecular formula is C13H14ClFO. The van der Waals surface area contributed by atoms with Gasteiger partial charge in [0.05, 0.1) is 0 Å². The number of benzene rings is 1. The molecule has 1 aliphatic heterocycles. The zero-order chi connectivity index (χ0) is 11.3. The molecule has 3 heteroatoms. The highest BCUT2D eigenvalue weighted by Gasteiger charge is 2.43. The van der Waals surface area contributed by atoms with E-state index in [-0.39, 0.29) is 17.3 Å². The van der Waals surface area contributed by atoms with Crippen LogP contribution in [0.3, 0.4) is 0 Å². The van der Waals surface area contributed by atoms with Gasteiger partial charge in [0.1, 0.15) is 17.7 Å². The van der Waals surface area contributed by atoms with Crippen molar-refractivity contribution in [3.05, 3.63) is 29.6 Å². The summed E-state index contributed by atoms with van der Waals surface area (Å²) < 4.78 is 19.0. The Kier molecular flexibility index (Phi) is 2.36. The summed E-state index contributed by atoms with van der Waals surface area (Å²) in [6.45, 7) is 2.12. The Labute approximate surface area is 99.6 Å². The zero-order valence-corrected chi connectivity index (χ0v) is 9.88. The van der Waals surface area contributed by atoms with Gasteiger partial charge in [0, 0.05) is 28.8 Å². The fourth-order valence-electron chi connectivity index (χ4n) is 2.92. The summed E-state index contributed by atoms with van der Waals surface area (Å²) in [6, 6.07) is 4.86. The minimum atomic E-state index is -0.229. The molecule has 1 fully saturated rings. The molecule has 4 atom stereocenters. The van der Waals surface area contributed by atoms with Gasteiger partial charge in [-0.05, 0) is 18.9 Å². The maximum absolute atomic E-state index is 13.1. The SMILES string of the molecule is C[C@H]1C(Cl)CCC2c3ccc(F)cc3OC21. The van der Waals surface area contributed by atoms with Gasteiger partial charge in [0.25, 0.3) is 0 Å². The van der Waals surface area contributed by atoms with E-state index in [1.54, 1.807) is 0 Å². The third kappa shape index (κ3) is 1.43.